The Morgan fingerprint density at radius 2 is 2.36 bits per heavy atom. The number of thioether (sulfide) groups is 1. The largest absolute Gasteiger partial charge is 0.376 e. The topological polar surface area (TPSA) is 51.2 Å². The lowest BCUT2D eigenvalue weighted by atomic mass is 10.2. The summed E-state index contributed by atoms with van der Waals surface area (Å²) in [5.41, 5.74) is 1.06. The number of carbonyl (C=O) groups excluding carboxylic acids is 1. The van der Waals surface area contributed by atoms with E-state index in [1.165, 1.54) is 4.70 Å². The van der Waals surface area contributed by atoms with Crippen molar-refractivity contribution >= 4 is 39.2 Å². The second-order valence-corrected chi connectivity index (χ2v) is 7.71. The van der Waals surface area contributed by atoms with Crippen LogP contribution in [0, 0.1) is 0 Å². The third-order valence-corrected chi connectivity index (χ3v) is 5.86. The van der Waals surface area contributed by atoms with Gasteiger partial charge in [0.1, 0.15) is 0 Å². The van der Waals surface area contributed by atoms with E-state index in [1.807, 2.05) is 18.2 Å². The summed E-state index contributed by atoms with van der Waals surface area (Å²) < 4.78 is 7.80. The summed E-state index contributed by atoms with van der Waals surface area (Å²) in [4.78, 5) is 16.3. The Kier molecular flexibility index (Phi) is 5.70. The number of thiazole rings is 1. The third-order valence-electron chi connectivity index (χ3n) is 3.60. The maximum Gasteiger partial charge on any atom is 0.220 e. The fourth-order valence-electron chi connectivity index (χ4n) is 2.43. The number of aromatic nitrogens is 1. The molecule has 0 spiro atoms. The number of hydrogen-bond donors (Lipinski definition) is 1. The molecule has 1 atom stereocenters. The number of fused-ring (bicyclic) bond motifs is 1. The van der Waals surface area contributed by atoms with Gasteiger partial charge < -0.3 is 10.1 Å². The van der Waals surface area contributed by atoms with Gasteiger partial charge in [-0.3, -0.25) is 4.79 Å². The molecule has 2 aromatic rings. The van der Waals surface area contributed by atoms with Crippen molar-refractivity contribution in [3.8, 4) is 0 Å². The standard InChI is InChI=1S/C16H20N2O2S2/c19-15(17-11-12-5-3-9-20-12)8-4-10-21-16-18-13-6-1-2-7-14(13)22-16/h1-2,6-7,12H,3-5,8-11H2,(H,17,19)/t12-/m0/s1. The Bertz CT molecular complexity index is 590. The minimum Gasteiger partial charge on any atom is -0.376 e. The molecule has 0 aliphatic carbocycles. The second kappa shape index (κ2) is 7.94. The van der Waals surface area contributed by atoms with Crippen LogP contribution < -0.4 is 5.32 Å². The number of para-hydroxylation sites is 1. The van der Waals surface area contributed by atoms with Crippen LogP contribution in [0.1, 0.15) is 25.7 Å². The molecule has 1 aromatic carbocycles. The molecule has 0 bridgehead atoms. The third kappa shape index (κ3) is 4.44. The number of rotatable bonds is 7. The fraction of sp³-hybridized carbons (Fsp3) is 0.500. The molecule has 1 aliphatic heterocycles. The quantitative estimate of drug-likeness (QED) is 0.621. The minimum atomic E-state index is 0.125. The summed E-state index contributed by atoms with van der Waals surface area (Å²) in [7, 11) is 0. The Morgan fingerprint density at radius 1 is 1.45 bits per heavy atom. The van der Waals surface area contributed by atoms with Crippen LogP contribution >= 0.6 is 23.1 Å². The van der Waals surface area contributed by atoms with Crippen molar-refractivity contribution in [1.82, 2.24) is 10.3 Å². The molecule has 1 saturated heterocycles. The lowest BCUT2D eigenvalue weighted by molar-refractivity contribution is -0.121. The van der Waals surface area contributed by atoms with Gasteiger partial charge in [0.2, 0.25) is 5.91 Å². The van der Waals surface area contributed by atoms with E-state index in [0.717, 1.165) is 41.5 Å². The van der Waals surface area contributed by atoms with E-state index < -0.39 is 0 Å². The summed E-state index contributed by atoms with van der Waals surface area (Å²) in [6.45, 7) is 1.49. The molecule has 3 rings (SSSR count). The van der Waals surface area contributed by atoms with E-state index in [-0.39, 0.29) is 12.0 Å². The predicted molar refractivity (Wildman–Crippen MR) is 91.6 cm³/mol. The number of hydrogen-bond acceptors (Lipinski definition) is 5. The summed E-state index contributed by atoms with van der Waals surface area (Å²) in [5.74, 6) is 1.05. The number of ether oxygens (including phenoxy) is 1. The molecule has 1 N–H and O–H groups in total. The van der Waals surface area contributed by atoms with Gasteiger partial charge in [-0.25, -0.2) is 4.98 Å². The van der Waals surface area contributed by atoms with Crippen molar-refractivity contribution in [2.24, 2.45) is 0 Å². The van der Waals surface area contributed by atoms with Crippen molar-refractivity contribution in [2.75, 3.05) is 18.9 Å². The lowest BCUT2D eigenvalue weighted by Crippen LogP contribution is -2.31. The van der Waals surface area contributed by atoms with E-state index in [1.54, 1.807) is 23.1 Å². The summed E-state index contributed by atoms with van der Waals surface area (Å²) in [5, 5.41) is 2.96. The molecule has 0 radical (unpaired) electrons. The molecule has 4 nitrogen and oxygen atoms in total. The van der Waals surface area contributed by atoms with Crippen LogP contribution in [0.5, 0.6) is 0 Å². The molecule has 118 valence electrons. The van der Waals surface area contributed by atoms with Crippen molar-refractivity contribution in [2.45, 2.75) is 36.1 Å². The minimum absolute atomic E-state index is 0.125. The lowest BCUT2D eigenvalue weighted by Gasteiger charge is -2.10. The van der Waals surface area contributed by atoms with Gasteiger partial charge in [-0.05, 0) is 31.4 Å². The van der Waals surface area contributed by atoms with Gasteiger partial charge in [-0.15, -0.1) is 11.3 Å². The van der Waals surface area contributed by atoms with Crippen LogP contribution in [-0.2, 0) is 9.53 Å². The van der Waals surface area contributed by atoms with E-state index in [4.69, 9.17) is 4.74 Å². The summed E-state index contributed by atoms with van der Waals surface area (Å²) in [6.07, 6.45) is 3.84. The number of nitrogens with one attached hydrogen (secondary N) is 1. The van der Waals surface area contributed by atoms with Crippen LogP contribution in [0.4, 0.5) is 0 Å². The molecule has 1 aliphatic rings. The average molecular weight is 336 g/mol. The number of benzene rings is 1. The molecule has 0 unspecified atom stereocenters. The highest BCUT2D eigenvalue weighted by atomic mass is 32.2. The van der Waals surface area contributed by atoms with Crippen molar-refractivity contribution in [1.29, 1.82) is 0 Å². The van der Waals surface area contributed by atoms with Crippen LogP contribution in [0.15, 0.2) is 28.6 Å². The Hall–Kier alpha value is -1.11. The zero-order valence-electron chi connectivity index (χ0n) is 12.4. The Balaban J connectivity index is 1.33. The number of nitrogens with zero attached hydrogens (tertiary/aromatic N) is 1. The maximum atomic E-state index is 11.8. The van der Waals surface area contributed by atoms with Crippen LogP contribution in [-0.4, -0.2) is 35.9 Å². The second-order valence-electron chi connectivity index (χ2n) is 5.34. The first-order chi connectivity index (χ1) is 10.8. The summed E-state index contributed by atoms with van der Waals surface area (Å²) >= 11 is 3.45. The highest BCUT2D eigenvalue weighted by Gasteiger charge is 2.15. The van der Waals surface area contributed by atoms with Crippen LogP contribution in [0.3, 0.4) is 0 Å². The molecule has 1 aromatic heterocycles. The van der Waals surface area contributed by atoms with E-state index in [0.29, 0.717) is 13.0 Å². The Morgan fingerprint density at radius 3 is 3.18 bits per heavy atom. The molecule has 1 fully saturated rings. The van der Waals surface area contributed by atoms with Gasteiger partial charge in [0.05, 0.1) is 16.3 Å². The van der Waals surface area contributed by atoms with Gasteiger partial charge in [0.25, 0.3) is 0 Å². The van der Waals surface area contributed by atoms with Crippen molar-refractivity contribution < 1.29 is 9.53 Å². The molecule has 0 saturated carbocycles. The van der Waals surface area contributed by atoms with Crippen LogP contribution in [0.2, 0.25) is 0 Å². The normalized spacial score (nSPS) is 17.9. The van der Waals surface area contributed by atoms with Gasteiger partial charge in [-0.2, -0.15) is 0 Å². The van der Waals surface area contributed by atoms with E-state index >= 15 is 0 Å². The van der Waals surface area contributed by atoms with Crippen LogP contribution in [0.25, 0.3) is 10.2 Å². The highest BCUT2D eigenvalue weighted by Crippen LogP contribution is 2.29. The SMILES string of the molecule is O=C(CCCSc1nc2ccccc2s1)NC[C@@H]1CCCO1. The van der Waals surface area contributed by atoms with E-state index in [2.05, 4.69) is 16.4 Å². The molecule has 6 heteroatoms. The molecular weight excluding hydrogens is 316 g/mol. The van der Waals surface area contributed by atoms with Gasteiger partial charge >= 0.3 is 0 Å². The summed E-state index contributed by atoms with van der Waals surface area (Å²) in [6, 6.07) is 8.17. The maximum absolute atomic E-state index is 11.8. The Labute approximate surface area is 138 Å². The van der Waals surface area contributed by atoms with Gasteiger partial charge in [-0.1, -0.05) is 23.9 Å². The molecule has 2 heterocycles. The van der Waals surface area contributed by atoms with Gasteiger partial charge in [0.15, 0.2) is 4.34 Å². The molecule has 22 heavy (non-hydrogen) atoms. The first-order valence-corrected chi connectivity index (χ1v) is 9.48. The highest BCUT2D eigenvalue weighted by molar-refractivity contribution is 8.01. The first-order valence-electron chi connectivity index (χ1n) is 7.68. The average Bonchev–Trinajstić information content (AvgIpc) is 3.18. The molecular formula is C16H20N2O2S2. The molecule has 1 amide bonds. The zero-order chi connectivity index (χ0) is 15.2. The fourth-order valence-corrected chi connectivity index (χ4v) is 4.50. The van der Waals surface area contributed by atoms with E-state index in [9.17, 15) is 4.79 Å². The van der Waals surface area contributed by atoms with Crippen molar-refractivity contribution in [3.63, 3.8) is 0 Å². The smallest absolute Gasteiger partial charge is 0.220 e. The number of carbonyl (C=O) groups is 1. The van der Waals surface area contributed by atoms with Crippen molar-refractivity contribution in [3.05, 3.63) is 24.3 Å². The van der Waals surface area contributed by atoms with Gasteiger partial charge in [0, 0.05) is 25.3 Å². The number of amides is 1. The zero-order valence-corrected chi connectivity index (χ0v) is 14.0. The first kappa shape index (κ1) is 15.8. The monoisotopic (exact) mass is 336 g/mol. The predicted octanol–water partition coefficient (Wildman–Crippen LogP) is 3.46.